The summed E-state index contributed by atoms with van der Waals surface area (Å²) in [6, 6.07) is 11.7. The number of carbonyl (C=O) groups excluding carboxylic acids is 1. The van der Waals surface area contributed by atoms with Gasteiger partial charge >= 0.3 is 0 Å². The topological polar surface area (TPSA) is 93.8 Å². The molecule has 6 nitrogen and oxygen atoms in total. The van der Waals surface area contributed by atoms with E-state index in [1.807, 2.05) is 36.4 Å². The molecule has 6 heteroatoms. The van der Waals surface area contributed by atoms with E-state index in [1.54, 1.807) is 18.6 Å². The highest BCUT2D eigenvalue weighted by molar-refractivity contribution is 5.95. The number of nitrogens with one attached hydrogen (secondary N) is 1. The number of pyridine rings is 1. The molecule has 3 N–H and O–H groups in total. The van der Waals surface area contributed by atoms with Crippen molar-refractivity contribution < 1.29 is 4.79 Å². The zero-order valence-electron chi connectivity index (χ0n) is 16.8. The van der Waals surface area contributed by atoms with Crippen molar-refractivity contribution in [2.45, 2.75) is 45.6 Å². The van der Waals surface area contributed by atoms with Crippen LogP contribution < -0.4 is 11.1 Å². The number of aryl methyl sites for hydroxylation is 1. The molecular weight excluding hydrogens is 362 g/mol. The summed E-state index contributed by atoms with van der Waals surface area (Å²) >= 11 is 0. The number of anilines is 2. The molecular formula is C23H27N5O. The highest BCUT2D eigenvalue weighted by Crippen LogP contribution is 2.16. The number of nitrogen functional groups attached to an aromatic ring is 1. The molecule has 2 aromatic heterocycles. The minimum atomic E-state index is -0.0285. The van der Waals surface area contributed by atoms with E-state index in [2.05, 4.69) is 27.2 Å². The second-order valence-corrected chi connectivity index (χ2v) is 7.06. The summed E-state index contributed by atoms with van der Waals surface area (Å²) < 4.78 is 0. The third kappa shape index (κ3) is 6.10. The standard InChI is InChI=1S/C23H27N5O/c1-2-3-4-9-19-15-28-21(16-26-19)22(29)13-17-7-5-8-18(12-17)14-27-20-10-6-11-25-23(20)24/h5-8,10-12,15-16,27H,2-4,9,13-14H2,1H3,(H2,24,25). The fourth-order valence-electron chi connectivity index (χ4n) is 3.07. The van der Waals surface area contributed by atoms with Gasteiger partial charge in [0.2, 0.25) is 0 Å². The Morgan fingerprint density at radius 1 is 1.03 bits per heavy atom. The number of carbonyl (C=O) groups is 1. The van der Waals surface area contributed by atoms with Crippen LogP contribution in [0.5, 0.6) is 0 Å². The Kier molecular flexibility index (Phi) is 7.28. The molecule has 150 valence electrons. The molecule has 0 spiro atoms. The quantitative estimate of drug-likeness (QED) is 0.398. The van der Waals surface area contributed by atoms with E-state index in [4.69, 9.17) is 5.73 Å². The molecule has 0 aliphatic rings. The van der Waals surface area contributed by atoms with Gasteiger partial charge in [0.1, 0.15) is 11.5 Å². The number of benzene rings is 1. The molecule has 2 heterocycles. The van der Waals surface area contributed by atoms with Crippen LogP contribution in [0.15, 0.2) is 55.0 Å². The van der Waals surface area contributed by atoms with Crippen LogP contribution in [0.3, 0.4) is 0 Å². The molecule has 0 saturated heterocycles. The first-order valence-electron chi connectivity index (χ1n) is 10.0. The predicted octanol–water partition coefficient (Wildman–Crippen LogP) is 4.22. The first-order valence-corrected chi connectivity index (χ1v) is 10.0. The minimum Gasteiger partial charge on any atom is -0.382 e. The molecule has 3 aromatic rings. The zero-order valence-corrected chi connectivity index (χ0v) is 16.8. The van der Waals surface area contributed by atoms with Crippen LogP contribution in [-0.4, -0.2) is 20.7 Å². The first kappa shape index (κ1) is 20.5. The lowest BCUT2D eigenvalue weighted by molar-refractivity contribution is 0.0988. The lowest BCUT2D eigenvalue weighted by atomic mass is 10.0. The number of nitrogens with zero attached hydrogens (tertiary/aromatic N) is 3. The highest BCUT2D eigenvalue weighted by Gasteiger charge is 2.10. The summed E-state index contributed by atoms with van der Waals surface area (Å²) in [4.78, 5) is 25.4. The van der Waals surface area contributed by atoms with Gasteiger partial charge in [-0.1, -0.05) is 44.0 Å². The highest BCUT2D eigenvalue weighted by atomic mass is 16.1. The summed E-state index contributed by atoms with van der Waals surface area (Å²) in [5.41, 5.74) is 10.0. The molecule has 0 radical (unpaired) electrons. The number of aromatic nitrogens is 3. The lowest BCUT2D eigenvalue weighted by Gasteiger charge is -2.09. The minimum absolute atomic E-state index is 0.0285. The Morgan fingerprint density at radius 2 is 1.90 bits per heavy atom. The maximum Gasteiger partial charge on any atom is 0.187 e. The summed E-state index contributed by atoms with van der Waals surface area (Å²) in [7, 11) is 0. The van der Waals surface area contributed by atoms with Gasteiger partial charge in [0.15, 0.2) is 5.78 Å². The van der Waals surface area contributed by atoms with Gasteiger partial charge in [-0.3, -0.25) is 9.78 Å². The fraction of sp³-hybridized carbons (Fsp3) is 0.304. The van der Waals surface area contributed by atoms with Crippen molar-refractivity contribution in [2.24, 2.45) is 0 Å². The van der Waals surface area contributed by atoms with Crippen LogP contribution in [0.4, 0.5) is 11.5 Å². The third-order valence-electron chi connectivity index (χ3n) is 4.71. The van der Waals surface area contributed by atoms with Crippen LogP contribution in [0.1, 0.15) is 53.5 Å². The second-order valence-electron chi connectivity index (χ2n) is 7.06. The van der Waals surface area contributed by atoms with E-state index in [1.165, 1.54) is 12.8 Å². The number of Topliss-reactive ketones (excluding diaryl/α,β-unsaturated/α-hetero) is 1. The molecule has 29 heavy (non-hydrogen) atoms. The number of hydrogen-bond donors (Lipinski definition) is 2. The summed E-state index contributed by atoms with van der Waals surface area (Å²) in [6.45, 7) is 2.77. The molecule has 1 aromatic carbocycles. The Bertz CT molecular complexity index is 940. The van der Waals surface area contributed by atoms with Crippen molar-refractivity contribution in [1.29, 1.82) is 0 Å². The maximum atomic E-state index is 12.6. The van der Waals surface area contributed by atoms with Gasteiger partial charge in [-0.05, 0) is 36.1 Å². The predicted molar refractivity (Wildman–Crippen MR) is 116 cm³/mol. The van der Waals surface area contributed by atoms with Crippen LogP contribution in [0, 0.1) is 0 Å². The van der Waals surface area contributed by atoms with E-state index in [0.29, 0.717) is 24.5 Å². The Morgan fingerprint density at radius 3 is 2.66 bits per heavy atom. The average molecular weight is 390 g/mol. The largest absolute Gasteiger partial charge is 0.382 e. The fourth-order valence-corrected chi connectivity index (χ4v) is 3.07. The number of hydrogen-bond acceptors (Lipinski definition) is 6. The van der Waals surface area contributed by atoms with E-state index < -0.39 is 0 Å². The van der Waals surface area contributed by atoms with Crippen LogP contribution >= 0.6 is 0 Å². The summed E-state index contributed by atoms with van der Waals surface area (Å²) in [5, 5.41) is 3.27. The number of unbranched alkanes of at least 4 members (excludes halogenated alkanes) is 2. The molecule has 0 unspecified atom stereocenters. The van der Waals surface area contributed by atoms with E-state index in [-0.39, 0.29) is 5.78 Å². The SMILES string of the molecule is CCCCCc1cnc(C(=O)Cc2cccc(CNc3cccnc3N)c2)cn1. The molecule has 0 fully saturated rings. The summed E-state index contributed by atoms with van der Waals surface area (Å²) in [5.74, 6) is 0.440. The van der Waals surface area contributed by atoms with Crippen molar-refractivity contribution in [3.63, 3.8) is 0 Å². The average Bonchev–Trinajstić information content (AvgIpc) is 2.74. The van der Waals surface area contributed by atoms with E-state index in [0.717, 1.165) is 35.3 Å². The van der Waals surface area contributed by atoms with Gasteiger partial charge in [-0.2, -0.15) is 0 Å². The van der Waals surface area contributed by atoms with Gasteiger partial charge < -0.3 is 11.1 Å². The van der Waals surface area contributed by atoms with Gasteiger partial charge in [0.05, 0.1) is 17.6 Å². The Hall–Kier alpha value is -3.28. The second kappa shape index (κ2) is 10.3. The van der Waals surface area contributed by atoms with Gasteiger partial charge in [-0.15, -0.1) is 0 Å². The van der Waals surface area contributed by atoms with Crippen molar-refractivity contribution >= 4 is 17.3 Å². The molecule has 0 bridgehead atoms. The number of rotatable bonds is 10. The van der Waals surface area contributed by atoms with Crippen molar-refractivity contribution in [2.75, 3.05) is 11.1 Å². The molecule has 0 amide bonds. The van der Waals surface area contributed by atoms with Crippen LogP contribution in [0.25, 0.3) is 0 Å². The Labute approximate surface area is 171 Å². The van der Waals surface area contributed by atoms with E-state index in [9.17, 15) is 4.79 Å². The van der Waals surface area contributed by atoms with Gasteiger partial charge in [-0.25, -0.2) is 9.97 Å². The van der Waals surface area contributed by atoms with Gasteiger partial charge in [0.25, 0.3) is 0 Å². The maximum absolute atomic E-state index is 12.6. The Balaban J connectivity index is 1.58. The van der Waals surface area contributed by atoms with Crippen molar-refractivity contribution in [3.05, 3.63) is 77.5 Å². The first-order chi connectivity index (χ1) is 14.2. The normalized spacial score (nSPS) is 10.7. The molecule has 3 rings (SSSR count). The zero-order chi connectivity index (χ0) is 20.5. The van der Waals surface area contributed by atoms with E-state index >= 15 is 0 Å². The third-order valence-corrected chi connectivity index (χ3v) is 4.71. The summed E-state index contributed by atoms with van der Waals surface area (Å²) in [6.07, 6.45) is 9.65. The number of nitrogens with two attached hydrogens (primary N) is 1. The van der Waals surface area contributed by atoms with Crippen LogP contribution in [-0.2, 0) is 19.4 Å². The smallest absolute Gasteiger partial charge is 0.187 e. The monoisotopic (exact) mass is 389 g/mol. The lowest BCUT2D eigenvalue weighted by Crippen LogP contribution is -2.08. The number of ketones is 1. The molecule has 0 aliphatic heterocycles. The van der Waals surface area contributed by atoms with Crippen molar-refractivity contribution in [3.8, 4) is 0 Å². The van der Waals surface area contributed by atoms with Gasteiger partial charge in [0, 0.05) is 25.4 Å². The van der Waals surface area contributed by atoms with Crippen LogP contribution in [0.2, 0.25) is 0 Å². The molecule has 0 aliphatic carbocycles. The molecule has 0 saturated carbocycles. The van der Waals surface area contributed by atoms with Crippen molar-refractivity contribution in [1.82, 2.24) is 15.0 Å². The molecule has 0 atom stereocenters.